The number of halogens is 1. The summed E-state index contributed by atoms with van der Waals surface area (Å²) in [4.78, 5) is 24.4. The minimum Gasteiger partial charge on any atom is -0.481 e. The SMILES string of the molecule is O=C(O)Cc1cc(=O)[nH]cc1-c1ccc(F)cc1. The number of carboxylic acids is 1. The highest BCUT2D eigenvalue weighted by Crippen LogP contribution is 2.22. The van der Waals surface area contributed by atoms with Crippen LogP contribution in [0.25, 0.3) is 11.1 Å². The van der Waals surface area contributed by atoms with E-state index in [2.05, 4.69) is 4.98 Å². The lowest BCUT2D eigenvalue weighted by atomic mass is 10.00. The summed E-state index contributed by atoms with van der Waals surface area (Å²) in [5.74, 6) is -1.40. The normalized spacial score (nSPS) is 10.3. The van der Waals surface area contributed by atoms with E-state index in [0.717, 1.165) is 0 Å². The lowest BCUT2D eigenvalue weighted by molar-refractivity contribution is -0.136. The minimum atomic E-state index is -1.02. The third-order valence-electron chi connectivity index (χ3n) is 2.51. The van der Waals surface area contributed by atoms with Gasteiger partial charge >= 0.3 is 5.97 Å². The number of rotatable bonds is 3. The van der Waals surface area contributed by atoms with Gasteiger partial charge in [-0.1, -0.05) is 12.1 Å². The average Bonchev–Trinajstić information content (AvgIpc) is 2.30. The standard InChI is InChI=1S/C13H10FNO3/c14-10-3-1-8(2-4-10)11-7-15-12(16)5-9(11)6-13(17)18/h1-5,7H,6H2,(H,15,16)(H,17,18). The molecule has 0 amide bonds. The van der Waals surface area contributed by atoms with Crippen LogP contribution in [-0.2, 0) is 11.2 Å². The molecule has 0 aliphatic heterocycles. The number of H-pyrrole nitrogens is 1. The molecule has 1 aromatic heterocycles. The van der Waals surface area contributed by atoms with E-state index in [1.54, 1.807) is 0 Å². The largest absolute Gasteiger partial charge is 0.481 e. The van der Waals surface area contributed by atoms with Gasteiger partial charge in [0.2, 0.25) is 5.56 Å². The molecule has 2 aromatic rings. The molecule has 0 bridgehead atoms. The number of aromatic amines is 1. The Morgan fingerprint density at radius 1 is 1.28 bits per heavy atom. The van der Waals surface area contributed by atoms with Crippen LogP contribution in [-0.4, -0.2) is 16.1 Å². The molecule has 0 saturated heterocycles. The second-order valence-electron chi connectivity index (χ2n) is 3.81. The van der Waals surface area contributed by atoms with E-state index in [4.69, 9.17) is 5.11 Å². The van der Waals surface area contributed by atoms with Gasteiger partial charge in [-0.3, -0.25) is 9.59 Å². The third kappa shape index (κ3) is 2.63. The number of hydrogen-bond acceptors (Lipinski definition) is 2. The van der Waals surface area contributed by atoms with Crippen LogP contribution in [0.5, 0.6) is 0 Å². The van der Waals surface area contributed by atoms with E-state index in [1.165, 1.54) is 36.5 Å². The minimum absolute atomic E-state index is 0.253. The van der Waals surface area contributed by atoms with Gasteiger partial charge in [0.15, 0.2) is 0 Å². The molecule has 0 unspecified atom stereocenters. The van der Waals surface area contributed by atoms with Crippen LogP contribution < -0.4 is 5.56 Å². The summed E-state index contributed by atoms with van der Waals surface area (Å²) in [7, 11) is 0. The van der Waals surface area contributed by atoms with Gasteiger partial charge < -0.3 is 10.1 Å². The van der Waals surface area contributed by atoms with Crippen molar-refractivity contribution in [3.8, 4) is 11.1 Å². The van der Waals surface area contributed by atoms with Gasteiger partial charge in [0.05, 0.1) is 6.42 Å². The quantitative estimate of drug-likeness (QED) is 0.868. The zero-order valence-corrected chi connectivity index (χ0v) is 9.31. The Bertz CT molecular complexity index is 631. The number of benzene rings is 1. The van der Waals surface area contributed by atoms with E-state index in [-0.39, 0.29) is 17.8 Å². The summed E-state index contributed by atoms with van der Waals surface area (Å²) in [6.07, 6.45) is 1.18. The van der Waals surface area contributed by atoms with Crippen molar-refractivity contribution < 1.29 is 14.3 Å². The molecule has 18 heavy (non-hydrogen) atoms. The summed E-state index contributed by atoms with van der Waals surface area (Å²) in [5, 5.41) is 8.80. The maximum atomic E-state index is 12.8. The molecule has 4 nitrogen and oxygen atoms in total. The summed E-state index contributed by atoms with van der Waals surface area (Å²) < 4.78 is 12.8. The fraction of sp³-hybridized carbons (Fsp3) is 0.0769. The maximum absolute atomic E-state index is 12.8. The number of nitrogens with one attached hydrogen (secondary N) is 1. The molecule has 0 aliphatic carbocycles. The topological polar surface area (TPSA) is 70.2 Å². The molecule has 0 radical (unpaired) electrons. The third-order valence-corrected chi connectivity index (χ3v) is 2.51. The maximum Gasteiger partial charge on any atom is 0.307 e. The molecule has 2 N–H and O–H groups in total. The highest BCUT2D eigenvalue weighted by atomic mass is 19.1. The molecule has 92 valence electrons. The van der Waals surface area contributed by atoms with Crippen molar-refractivity contribution in [2.75, 3.05) is 0 Å². The highest BCUT2D eigenvalue weighted by Gasteiger charge is 2.09. The Labute approximate surface area is 102 Å². The van der Waals surface area contributed by atoms with Crippen molar-refractivity contribution in [1.82, 2.24) is 4.98 Å². The smallest absolute Gasteiger partial charge is 0.307 e. The number of aliphatic carboxylic acids is 1. The molecule has 0 aliphatic rings. The van der Waals surface area contributed by atoms with E-state index >= 15 is 0 Å². The first-order valence-corrected chi connectivity index (χ1v) is 5.25. The Morgan fingerprint density at radius 3 is 2.56 bits per heavy atom. The van der Waals surface area contributed by atoms with Gasteiger partial charge in [0, 0.05) is 17.8 Å². The number of carbonyl (C=O) groups is 1. The zero-order valence-electron chi connectivity index (χ0n) is 9.31. The monoisotopic (exact) mass is 247 g/mol. The van der Waals surface area contributed by atoms with Gasteiger partial charge in [0.25, 0.3) is 0 Å². The van der Waals surface area contributed by atoms with E-state index in [9.17, 15) is 14.0 Å². The molecular formula is C13H10FNO3. The van der Waals surface area contributed by atoms with E-state index in [0.29, 0.717) is 16.7 Å². The Hall–Kier alpha value is -2.43. The van der Waals surface area contributed by atoms with Crippen LogP contribution in [0.1, 0.15) is 5.56 Å². The second-order valence-corrected chi connectivity index (χ2v) is 3.81. The van der Waals surface area contributed by atoms with Gasteiger partial charge in [-0.15, -0.1) is 0 Å². The summed E-state index contributed by atoms with van der Waals surface area (Å²) in [5.41, 5.74) is 1.27. The second kappa shape index (κ2) is 4.83. The molecular weight excluding hydrogens is 237 g/mol. The van der Waals surface area contributed by atoms with Crippen molar-refractivity contribution in [3.63, 3.8) is 0 Å². The lowest BCUT2D eigenvalue weighted by Crippen LogP contribution is -2.10. The van der Waals surface area contributed by atoms with Crippen LogP contribution >= 0.6 is 0 Å². The molecule has 2 rings (SSSR count). The number of hydrogen-bond donors (Lipinski definition) is 2. The number of pyridine rings is 1. The van der Waals surface area contributed by atoms with Crippen molar-refractivity contribution in [3.05, 3.63) is 58.3 Å². The number of carboxylic acid groups (broad SMARTS) is 1. The Morgan fingerprint density at radius 2 is 1.94 bits per heavy atom. The molecule has 0 atom stereocenters. The van der Waals surface area contributed by atoms with Crippen LogP contribution in [0.2, 0.25) is 0 Å². The molecule has 1 aromatic carbocycles. The van der Waals surface area contributed by atoms with Gasteiger partial charge in [-0.05, 0) is 23.3 Å². The Balaban J connectivity index is 2.52. The first-order chi connectivity index (χ1) is 8.56. The van der Waals surface area contributed by atoms with Gasteiger partial charge in [-0.25, -0.2) is 4.39 Å². The lowest BCUT2D eigenvalue weighted by Gasteiger charge is -2.07. The molecule has 0 spiro atoms. The van der Waals surface area contributed by atoms with Crippen LogP contribution in [0.15, 0.2) is 41.3 Å². The zero-order chi connectivity index (χ0) is 13.1. The molecule has 0 fully saturated rings. The first kappa shape index (κ1) is 12.0. The first-order valence-electron chi connectivity index (χ1n) is 5.25. The fourth-order valence-electron chi connectivity index (χ4n) is 1.72. The van der Waals surface area contributed by atoms with E-state index in [1.807, 2.05) is 0 Å². The summed E-state index contributed by atoms with van der Waals surface area (Å²) in [6.45, 7) is 0. The van der Waals surface area contributed by atoms with Gasteiger partial charge in [-0.2, -0.15) is 0 Å². The summed E-state index contributed by atoms with van der Waals surface area (Å²) in [6, 6.07) is 6.88. The molecule has 1 heterocycles. The Kier molecular flexibility index (Phi) is 3.23. The van der Waals surface area contributed by atoms with Crippen molar-refractivity contribution in [1.29, 1.82) is 0 Å². The summed E-state index contributed by atoms with van der Waals surface area (Å²) >= 11 is 0. The predicted molar refractivity (Wildman–Crippen MR) is 63.8 cm³/mol. The van der Waals surface area contributed by atoms with Crippen molar-refractivity contribution in [2.24, 2.45) is 0 Å². The van der Waals surface area contributed by atoms with Crippen LogP contribution in [0.4, 0.5) is 4.39 Å². The number of aromatic nitrogens is 1. The molecule has 5 heteroatoms. The highest BCUT2D eigenvalue weighted by molar-refractivity contribution is 5.76. The van der Waals surface area contributed by atoms with Crippen LogP contribution in [0, 0.1) is 5.82 Å². The average molecular weight is 247 g/mol. The van der Waals surface area contributed by atoms with Crippen molar-refractivity contribution in [2.45, 2.75) is 6.42 Å². The van der Waals surface area contributed by atoms with Crippen molar-refractivity contribution >= 4 is 5.97 Å². The fourth-order valence-corrected chi connectivity index (χ4v) is 1.72. The van der Waals surface area contributed by atoms with E-state index < -0.39 is 5.97 Å². The van der Waals surface area contributed by atoms with Gasteiger partial charge in [0.1, 0.15) is 5.82 Å². The van der Waals surface area contributed by atoms with Crippen LogP contribution in [0.3, 0.4) is 0 Å². The predicted octanol–water partition coefficient (Wildman–Crippen LogP) is 1.81. The molecule has 0 saturated carbocycles.